The van der Waals surface area contributed by atoms with Gasteiger partial charge >= 0.3 is 11.9 Å². The molecule has 1 aromatic heterocycles. The van der Waals surface area contributed by atoms with Gasteiger partial charge in [-0.1, -0.05) is 12.1 Å². The highest BCUT2D eigenvalue weighted by atomic mass is 32.1. The summed E-state index contributed by atoms with van der Waals surface area (Å²) in [5.74, 6) is -0.998. The minimum atomic E-state index is -0.758. The topological polar surface area (TPSA) is 111 Å². The molecule has 3 aliphatic carbocycles. The number of amidine groups is 1. The van der Waals surface area contributed by atoms with Crippen molar-refractivity contribution in [3.8, 4) is 0 Å². The van der Waals surface area contributed by atoms with Crippen LogP contribution in [-0.2, 0) is 14.3 Å². The lowest BCUT2D eigenvalue weighted by molar-refractivity contribution is -0.217. The second-order valence-corrected chi connectivity index (χ2v) is 13.5. The molecular weight excluding hydrogens is 592 g/mol. The van der Waals surface area contributed by atoms with Gasteiger partial charge in [0.05, 0.1) is 23.6 Å². The van der Waals surface area contributed by atoms with Crippen LogP contribution >= 0.6 is 23.6 Å². The van der Waals surface area contributed by atoms with Gasteiger partial charge in [-0.3, -0.25) is 14.7 Å². The van der Waals surface area contributed by atoms with Gasteiger partial charge in [-0.25, -0.2) is 14.2 Å². The minimum Gasteiger partial charge on any atom is -0.481 e. The number of piperazine rings is 1. The summed E-state index contributed by atoms with van der Waals surface area (Å²) < 4.78 is 20.3. The van der Waals surface area contributed by atoms with Crippen molar-refractivity contribution in [2.75, 3.05) is 39.3 Å². The molecular formula is C30H33FN6O4S2. The lowest BCUT2D eigenvalue weighted by Crippen LogP contribution is -2.77. The molecule has 5 fully saturated rings. The van der Waals surface area contributed by atoms with Crippen molar-refractivity contribution in [1.82, 2.24) is 25.0 Å². The number of ether oxygens (including phenoxy) is 1. The number of fused-ring (bicyclic) bond motifs is 1. The molecule has 2 atom stereocenters. The summed E-state index contributed by atoms with van der Waals surface area (Å²) in [5.41, 5.74) is 1.41. The predicted molar refractivity (Wildman–Crippen MR) is 162 cm³/mol. The summed E-state index contributed by atoms with van der Waals surface area (Å²) in [4.78, 5) is 41.4. The first kappa shape index (κ1) is 28.4. The number of carboxylic acids is 1. The number of carboxylic acid groups (broad SMARTS) is 1. The lowest BCUT2D eigenvalue weighted by atomic mass is 9.39. The monoisotopic (exact) mass is 624 g/mol. The van der Waals surface area contributed by atoms with E-state index in [1.165, 1.54) is 17.4 Å². The van der Waals surface area contributed by atoms with E-state index in [2.05, 4.69) is 25.0 Å². The number of thiazole rings is 1. The average Bonchev–Trinajstić information content (AvgIpc) is 3.57. The van der Waals surface area contributed by atoms with Crippen LogP contribution in [-0.4, -0.2) is 98.6 Å². The van der Waals surface area contributed by atoms with Crippen LogP contribution in [0.4, 0.5) is 4.39 Å². The van der Waals surface area contributed by atoms with E-state index in [0.717, 1.165) is 31.3 Å². The zero-order chi connectivity index (χ0) is 30.1. The molecule has 0 radical (unpaired) electrons. The largest absolute Gasteiger partial charge is 0.481 e. The second-order valence-electron chi connectivity index (χ2n) is 12.2. The zero-order valence-electron chi connectivity index (χ0n) is 24.0. The average molecular weight is 625 g/mol. The summed E-state index contributed by atoms with van der Waals surface area (Å²) in [5, 5.41) is 16.4. The Kier molecular flexibility index (Phi) is 6.82. The summed E-state index contributed by atoms with van der Waals surface area (Å²) in [7, 11) is 0. The van der Waals surface area contributed by atoms with Crippen LogP contribution < -0.4 is 5.32 Å². The Hall–Kier alpha value is -3.42. The number of carbonyl (C=O) groups excluding carboxylic acids is 1. The molecule has 226 valence electrons. The van der Waals surface area contributed by atoms with E-state index >= 15 is 0 Å². The summed E-state index contributed by atoms with van der Waals surface area (Å²) in [6, 6.07) is 4.26. The van der Waals surface area contributed by atoms with Crippen molar-refractivity contribution in [2.45, 2.75) is 50.7 Å². The molecule has 0 spiro atoms. The maximum atomic E-state index is 14.8. The molecule has 3 saturated carbocycles. The molecule has 10 nitrogen and oxygen atoms in total. The van der Waals surface area contributed by atoms with Gasteiger partial charge in [-0.05, 0) is 62.5 Å². The lowest BCUT2D eigenvalue weighted by Gasteiger charge is -2.71. The highest BCUT2D eigenvalue weighted by Crippen LogP contribution is 2.70. The SMILES string of the molecule is CCOC(=O)C1=C(CN2CCN3C(=S)N(C45CC(C(=O)O)(C4)C5)C[C@@H]3C2)NC(c2nccs2)=N[C@H]1c1cccc(F)c1C. The fourth-order valence-corrected chi connectivity index (χ4v) is 8.64. The van der Waals surface area contributed by atoms with E-state index < -0.39 is 23.4 Å². The van der Waals surface area contributed by atoms with Gasteiger partial charge in [-0.2, -0.15) is 0 Å². The van der Waals surface area contributed by atoms with Gasteiger partial charge in [0.15, 0.2) is 16.0 Å². The molecule has 2 bridgehead atoms. The number of hydrogen-bond acceptors (Lipinski definition) is 9. The Labute approximate surface area is 258 Å². The van der Waals surface area contributed by atoms with Crippen molar-refractivity contribution in [3.05, 3.63) is 63.0 Å². The Morgan fingerprint density at radius 3 is 2.74 bits per heavy atom. The molecule has 0 unspecified atom stereocenters. The number of esters is 1. The van der Waals surface area contributed by atoms with E-state index in [-0.39, 0.29) is 24.0 Å². The Balaban J connectivity index is 1.17. The number of nitrogens with one attached hydrogen (secondary N) is 1. The number of hydrogen-bond donors (Lipinski definition) is 2. The number of halogens is 1. The third kappa shape index (κ3) is 4.46. The Morgan fingerprint density at radius 2 is 2.05 bits per heavy atom. The molecule has 4 heterocycles. The minimum absolute atomic E-state index is 0.114. The summed E-state index contributed by atoms with van der Waals surface area (Å²) in [6.07, 6.45) is 3.70. The molecule has 3 aliphatic heterocycles. The number of nitrogens with zero attached hydrogens (tertiary/aromatic N) is 5. The van der Waals surface area contributed by atoms with Crippen LogP contribution in [0, 0.1) is 18.2 Å². The van der Waals surface area contributed by atoms with Crippen molar-refractivity contribution >= 4 is 46.4 Å². The van der Waals surface area contributed by atoms with E-state index in [1.54, 1.807) is 32.2 Å². The van der Waals surface area contributed by atoms with Crippen LogP contribution in [0.3, 0.4) is 0 Å². The molecule has 0 amide bonds. The van der Waals surface area contributed by atoms with Crippen molar-refractivity contribution in [1.29, 1.82) is 0 Å². The molecule has 1 aromatic carbocycles. The summed E-state index contributed by atoms with van der Waals surface area (Å²) >= 11 is 7.34. The molecule has 43 heavy (non-hydrogen) atoms. The maximum Gasteiger partial charge on any atom is 0.338 e. The molecule has 13 heteroatoms. The maximum absolute atomic E-state index is 14.8. The standard InChI is InChI=1S/C30H33FN6O4S2/c1-3-41-26(38)22-21(33-24(25-32-7-10-43-25)34-23(22)19-5-4-6-20(31)17(19)2)13-35-8-9-36-18(11-35)12-37(28(36)42)30-14-29(15-30,16-30)27(39)40/h4-7,10,18,23H,3,8-9,11-16H2,1-2H3,(H,33,34)(H,39,40)/t18-,23-,29?,30?/m0/s1. The quantitative estimate of drug-likeness (QED) is 0.336. The zero-order valence-corrected chi connectivity index (χ0v) is 25.6. The van der Waals surface area contributed by atoms with Gasteiger partial charge in [-0.15, -0.1) is 11.3 Å². The number of carbonyl (C=O) groups is 2. The smallest absolute Gasteiger partial charge is 0.338 e. The normalized spacial score (nSPS) is 29.8. The Morgan fingerprint density at radius 1 is 1.26 bits per heavy atom. The molecule has 8 rings (SSSR count). The van der Waals surface area contributed by atoms with Gasteiger partial charge in [0.25, 0.3) is 0 Å². The predicted octanol–water partition coefficient (Wildman–Crippen LogP) is 3.09. The highest BCUT2D eigenvalue weighted by Gasteiger charge is 2.75. The first-order valence-electron chi connectivity index (χ1n) is 14.6. The summed E-state index contributed by atoms with van der Waals surface area (Å²) in [6.45, 7) is 7.06. The third-order valence-electron chi connectivity index (χ3n) is 9.71. The van der Waals surface area contributed by atoms with Crippen molar-refractivity contribution in [2.24, 2.45) is 10.4 Å². The molecule has 2 aromatic rings. The van der Waals surface area contributed by atoms with E-state index in [0.29, 0.717) is 59.0 Å². The fourth-order valence-electron chi connectivity index (χ4n) is 7.55. The van der Waals surface area contributed by atoms with Crippen LogP contribution in [0.5, 0.6) is 0 Å². The number of rotatable bonds is 8. The number of aliphatic carboxylic acids is 1. The van der Waals surface area contributed by atoms with Gasteiger partial charge < -0.3 is 25.0 Å². The Bertz CT molecular complexity index is 1560. The first-order valence-corrected chi connectivity index (χ1v) is 15.9. The second kappa shape index (κ2) is 10.3. The third-order valence-corrected chi connectivity index (χ3v) is 10.9. The highest BCUT2D eigenvalue weighted by molar-refractivity contribution is 7.80. The number of aromatic nitrogens is 1. The van der Waals surface area contributed by atoms with E-state index in [1.807, 2.05) is 5.38 Å². The first-order chi connectivity index (χ1) is 20.6. The van der Waals surface area contributed by atoms with Crippen LogP contribution in [0.2, 0.25) is 0 Å². The number of aliphatic imine (C=N–C) groups is 1. The van der Waals surface area contributed by atoms with Gasteiger partial charge in [0.2, 0.25) is 0 Å². The van der Waals surface area contributed by atoms with Crippen LogP contribution in [0.1, 0.15) is 48.4 Å². The molecule has 2 N–H and O–H groups in total. The molecule has 2 saturated heterocycles. The molecule has 6 aliphatic rings. The fraction of sp³-hybridized carbons (Fsp3) is 0.500. The van der Waals surface area contributed by atoms with Crippen molar-refractivity contribution < 1.29 is 23.8 Å². The van der Waals surface area contributed by atoms with Gasteiger partial charge in [0.1, 0.15) is 11.9 Å². The van der Waals surface area contributed by atoms with Crippen LogP contribution in [0.25, 0.3) is 0 Å². The van der Waals surface area contributed by atoms with Crippen molar-refractivity contribution in [3.63, 3.8) is 0 Å². The van der Waals surface area contributed by atoms with Crippen LogP contribution in [0.15, 0.2) is 46.0 Å². The van der Waals surface area contributed by atoms with Gasteiger partial charge in [0, 0.05) is 55.5 Å². The number of benzene rings is 1. The van der Waals surface area contributed by atoms with E-state index in [9.17, 15) is 19.1 Å². The number of thiocarbonyl (C=S) groups is 1. The van der Waals surface area contributed by atoms with E-state index in [4.69, 9.17) is 21.9 Å².